The van der Waals surface area contributed by atoms with Crippen LogP contribution in [0.25, 0.3) is 0 Å². The molecule has 0 radical (unpaired) electrons. The summed E-state index contributed by atoms with van der Waals surface area (Å²) in [5.74, 6) is 0. The second kappa shape index (κ2) is 10.7. The third kappa shape index (κ3) is 15.8. The molecule has 0 aromatic carbocycles. The smallest absolute Gasteiger partial charge is 0.0703 e. The molecule has 18 heavy (non-hydrogen) atoms. The average molecular weight is 262 g/mol. The van der Waals surface area contributed by atoms with Crippen molar-refractivity contribution in [2.45, 2.75) is 40.7 Å². The number of rotatable bonds is 11. The molecular formula is C14H30O4. The second-order valence-electron chi connectivity index (χ2n) is 5.76. The summed E-state index contributed by atoms with van der Waals surface area (Å²) in [6.07, 6.45) is 0.268. The van der Waals surface area contributed by atoms with E-state index in [2.05, 4.69) is 20.8 Å². The standard InChI is InChI=1S/C14H30O4/c1-13(2)18-11-10-16-7-6-15-8-9-17-12-14(3,4)5/h13H,6-12H2,1-5H3. The summed E-state index contributed by atoms with van der Waals surface area (Å²) < 4.78 is 21.6. The summed E-state index contributed by atoms with van der Waals surface area (Å²) in [6, 6.07) is 0. The summed E-state index contributed by atoms with van der Waals surface area (Å²) in [5.41, 5.74) is 0.222. The highest BCUT2D eigenvalue weighted by molar-refractivity contribution is 4.58. The van der Waals surface area contributed by atoms with Gasteiger partial charge in [-0.25, -0.2) is 0 Å². The molecule has 0 aliphatic carbocycles. The Balaban J connectivity index is 3.04. The van der Waals surface area contributed by atoms with E-state index in [0.717, 1.165) is 6.61 Å². The lowest BCUT2D eigenvalue weighted by molar-refractivity contribution is -0.0177. The Bertz CT molecular complexity index is 175. The second-order valence-corrected chi connectivity index (χ2v) is 5.76. The Morgan fingerprint density at radius 2 is 1.17 bits per heavy atom. The van der Waals surface area contributed by atoms with Crippen LogP contribution in [0.2, 0.25) is 0 Å². The maximum atomic E-state index is 5.48. The minimum atomic E-state index is 0.222. The van der Waals surface area contributed by atoms with Crippen molar-refractivity contribution in [1.82, 2.24) is 0 Å². The molecule has 0 unspecified atom stereocenters. The van der Waals surface area contributed by atoms with Crippen molar-refractivity contribution in [3.8, 4) is 0 Å². The van der Waals surface area contributed by atoms with Gasteiger partial charge in [0.25, 0.3) is 0 Å². The van der Waals surface area contributed by atoms with E-state index in [1.54, 1.807) is 0 Å². The van der Waals surface area contributed by atoms with Gasteiger partial charge in [-0.1, -0.05) is 20.8 Å². The Kier molecular flexibility index (Phi) is 10.6. The molecule has 0 aliphatic rings. The Morgan fingerprint density at radius 3 is 1.61 bits per heavy atom. The van der Waals surface area contributed by atoms with Crippen molar-refractivity contribution in [2.75, 3.05) is 46.2 Å². The lowest BCUT2D eigenvalue weighted by Gasteiger charge is -2.17. The van der Waals surface area contributed by atoms with E-state index in [1.165, 1.54) is 0 Å². The van der Waals surface area contributed by atoms with Crippen molar-refractivity contribution in [1.29, 1.82) is 0 Å². The van der Waals surface area contributed by atoms with Crippen molar-refractivity contribution >= 4 is 0 Å². The van der Waals surface area contributed by atoms with E-state index >= 15 is 0 Å². The maximum Gasteiger partial charge on any atom is 0.0703 e. The van der Waals surface area contributed by atoms with Crippen LogP contribution >= 0.6 is 0 Å². The van der Waals surface area contributed by atoms with E-state index < -0.39 is 0 Å². The highest BCUT2D eigenvalue weighted by atomic mass is 16.6. The SMILES string of the molecule is CC(C)OCCOCCOCCOCC(C)(C)C. The van der Waals surface area contributed by atoms with Crippen molar-refractivity contribution in [3.05, 3.63) is 0 Å². The average Bonchev–Trinajstić information content (AvgIpc) is 2.24. The number of hydrogen-bond acceptors (Lipinski definition) is 4. The van der Waals surface area contributed by atoms with Gasteiger partial charge >= 0.3 is 0 Å². The van der Waals surface area contributed by atoms with E-state index in [0.29, 0.717) is 39.6 Å². The van der Waals surface area contributed by atoms with Crippen LogP contribution in [0.5, 0.6) is 0 Å². The van der Waals surface area contributed by atoms with Crippen LogP contribution in [0, 0.1) is 5.41 Å². The molecule has 4 heteroatoms. The van der Waals surface area contributed by atoms with Crippen LogP contribution in [0.15, 0.2) is 0 Å². The molecule has 0 bridgehead atoms. The third-order valence-corrected chi connectivity index (χ3v) is 1.96. The Morgan fingerprint density at radius 1 is 0.722 bits per heavy atom. The molecule has 0 heterocycles. The zero-order chi connectivity index (χ0) is 13.9. The molecular weight excluding hydrogens is 232 g/mol. The Labute approximate surface area is 112 Å². The zero-order valence-corrected chi connectivity index (χ0v) is 12.7. The molecule has 0 amide bonds. The van der Waals surface area contributed by atoms with Crippen molar-refractivity contribution < 1.29 is 18.9 Å². The van der Waals surface area contributed by atoms with Gasteiger partial charge in [-0.3, -0.25) is 0 Å². The Hall–Kier alpha value is -0.160. The largest absolute Gasteiger partial charge is 0.379 e. The molecule has 0 saturated heterocycles. The van der Waals surface area contributed by atoms with Gasteiger partial charge < -0.3 is 18.9 Å². The first-order valence-corrected chi connectivity index (χ1v) is 6.76. The molecule has 0 rings (SSSR count). The first-order valence-electron chi connectivity index (χ1n) is 6.76. The van der Waals surface area contributed by atoms with Gasteiger partial charge in [0.05, 0.1) is 52.4 Å². The van der Waals surface area contributed by atoms with E-state index in [-0.39, 0.29) is 11.5 Å². The predicted octanol–water partition coefficient (Wildman–Crippen LogP) is 2.51. The highest BCUT2D eigenvalue weighted by Crippen LogP contribution is 2.12. The fraction of sp³-hybridized carbons (Fsp3) is 1.00. The zero-order valence-electron chi connectivity index (χ0n) is 12.7. The van der Waals surface area contributed by atoms with Gasteiger partial charge in [0.15, 0.2) is 0 Å². The third-order valence-electron chi connectivity index (χ3n) is 1.96. The van der Waals surface area contributed by atoms with Gasteiger partial charge in [0, 0.05) is 0 Å². The molecule has 0 spiro atoms. The number of hydrogen-bond donors (Lipinski definition) is 0. The monoisotopic (exact) mass is 262 g/mol. The minimum absolute atomic E-state index is 0.222. The van der Waals surface area contributed by atoms with Crippen LogP contribution in [0.1, 0.15) is 34.6 Å². The molecule has 0 aromatic heterocycles. The van der Waals surface area contributed by atoms with Gasteiger partial charge in [-0.2, -0.15) is 0 Å². The summed E-state index contributed by atoms with van der Waals surface area (Å²) >= 11 is 0. The first-order chi connectivity index (χ1) is 8.42. The van der Waals surface area contributed by atoms with Crippen LogP contribution < -0.4 is 0 Å². The van der Waals surface area contributed by atoms with Gasteiger partial charge in [0.2, 0.25) is 0 Å². The van der Waals surface area contributed by atoms with Gasteiger partial charge in [-0.05, 0) is 19.3 Å². The molecule has 0 fully saturated rings. The van der Waals surface area contributed by atoms with Crippen molar-refractivity contribution in [3.63, 3.8) is 0 Å². The van der Waals surface area contributed by atoms with E-state index in [9.17, 15) is 0 Å². The van der Waals surface area contributed by atoms with E-state index in [1.807, 2.05) is 13.8 Å². The van der Waals surface area contributed by atoms with Crippen LogP contribution in [0.4, 0.5) is 0 Å². The van der Waals surface area contributed by atoms with Crippen molar-refractivity contribution in [2.24, 2.45) is 5.41 Å². The van der Waals surface area contributed by atoms with Gasteiger partial charge in [0.1, 0.15) is 0 Å². The summed E-state index contributed by atoms with van der Waals surface area (Å²) in [5, 5.41) is 0. The molecule has 0 N–H and O–H groups in total. The van der Waals surface area contributed by atoms with Crippen LogP contribution in [0.3, 0.4) is 0 Å². The fourth-order valence-corrected chi connectivity index (χ4v) is 1.16. The normalized spacial score (nSPS) is 12.3. The molecule has 4 nitrogen and oxygen atoms in total. The molecule has 0 aliphatic heterocycles. The topological polar surface area (TPSA) is 36.9 Å². The lowest BCUT2D eigenvalue weighted by Crippen LogP contribution is -2.17. The molecule has 0 saturated carbocycles. The summed E-state index contributed by atoms with van der Waals surface area (Å²) in [6.45, 7) is 15.0. The quantitative estimate of drug-likeness (QED) is 0.536. The highest BCUT2D eigenvalue weighted by Gasteiger charge is 2.09. The summed E-state index contributed by atoms with van der Waals surface area (Å²) in [7, 11) is 0. The van der Waals surface area contributed by atoms with Crippen LogP contribution in [-0.2, 0) is 18.9 Å². The summed E-state index contributed by atoms with van der Waals surface area (Å²) in [4.78, 5) is 0. The van der Waals surface area contributed by atoms with Crippen LogP contribution in [-0.4, -0.2) is 52.4 Å². The number of ether oxygens (including phenoxy) is 4. The fourth-order valence-electron chi connectivity index (χ4n) is 1.16. The molecule has 0 atom stereocenters. The molecule has 110 valence electrons. The van der Waals surface area contributed by atoms with Gasteiger partial charge in [-0.15, -0.1) is 0 Å². The maximum absolute atomic E-state index is 5.48. The lowest BCUT2D eigenvalue weighted by atomic mass is 9.99. The predicted molar refractivity (Wildman–Crippen MR) is 73.0 cm³/mol. The molecule has 0 aromatic rings. The minimum Gasteiger partial charge on any atom is -0.379 e. The van der Waals surface area contributed by atoms with E-state index in [4.69, 9.17) is 18.9 Å². The first kappa shape index (κ1) is 17.8.